The summed E-state index contributed by atoms with van der Waals surface area (Å²) in [6, 6.07) is -0.962. The summed E-state index contributed by atoms with van der Waals surface area (Å²) in [5, 5.41) is 48.0. The first-order chi connectivity index (χ1) is 58.2. The van der Waals surface area contributed by atoms with Crippen molar-refractivity contribution in [3.8, 4) is 11.8 Å². The number of amides is 12. The van der Waals surface area contributed by atoms with E-state index >= 15 is 4.79 Å². The number of nitrogens with zero attached hydrogens (tertiary/aromatic N) is 3. The summed E-state index contributed by atoms with van der Waals surface area (Å²) in [5.41, 5.74) is 4.90. The van der Waals surface area contributed by atoms with Crippen molar-refractivity contribution in [2.75, 3.05) is 111 Å². The summed E-state index contributed by atoms with van der Waals surface area (Å²) in [7, 11) is 1.91. The van der Waals surface area contributed by atoms with Crippen LogP contribution in [0, 0.1) is 52.8 Å². The van der Waals surface area contributed by atoms with Gasteiger partial charge < -0.3 is 107 Å². The lowest BCUT2D eigenvalue weighted by atomic mass is 9.86. The zero-order chi connectivity index (χ0) is 89.7. The van der Waals surface area contributed by atoms with Crippen molar-refractivity contribution >= 4 is 94.6 Å². The Kier molecular flexibility index (Phi) is 47.0. The van der Waals surface area contributed by atoms with Gasteiger partial charge in [-0.25, -0.2) is 24.2 Å². The van der Waals surface area contributed by atoms with Crippen molar-refractivity contribution in [3.63, 3.8) is 0 Å². The van der Waals surface area contributed by atoms with Crippen LogP contribution in [0.2, 0.25) is 0 Å². The first kappa shape index (κ1) is 103. The zero-order valence-corrected chi connectivity index (χ0v) is 73.9. The molecule has 2 aromatic rings. The molecule has 0 spiro atoms. The maximum atomic E-state index is 15.3. The number of aromatic nitrogens is 1. The van der Waals surface area contributed by atoms with E-state index in [4.69, 9.17) is 38.9 Å². The standard InChI is InChI=1S/C85H136N14O22S/c1-12-14-15-21-40-99(79(108)72(56(7)13-2)97-76(106)66-27-20-22-39-98(66)11)67(54(3)4)49-68(78-95-65(53-122-78)75(105)91-57(8)50-85(9,10)80(109)110)121-84(114)89-37-36-88-82(112)119-51-58-28-30-59(31-29-58)92-73(103)63(26-23-35-87-81(86)111)94-77(107)71(55(5)6)96-74(104)64(32-33-70(101)102)93-69(100)34-41-115-43-45-117-47-48-118-46-44-116-42-38-90-83(113)120-52-62-60-24-18-16-17-19-25-61(60)62/h28-31,53-57,60-64,66-68,71-72H,12-15,18-27,32-52H2,1-11H3,(H,88,112)(H,89,114)(H,90,113)(H,91,105)(H,92,103)(H,93,100)(H,94,107)(H,96,104)(H,97,106)(H,101,102)(H,109,110)(H3,86,87,111)/t56-,57?,60?,61?,62?,63-,64-,66+,67+,68+,71-,72-/m0/s1. The number of carboxylic acids is 2. The fourth-order valence-electron chi connectivity index (χ4n) is 14.5. The molecule has 1 saturated carbocycles. The number of hydrogen-bond donors (Lipinski definition) is 13. The summed E-state index contributed by atoms with van der Waals surface area (Å²) >= 11 is 1.07. The lowest BCUT2D eigenvalue weighted by Crippen LogP contribution is -2.59. The van der Waals surface area contributed by atoms with Crippen LogP contribution in [0.15, 0.2) is 29.6 Å². The number of nitrogens with one attached hydrogen (secondary N) is 10. The van der Waals surface area contributed by atoms with Crippen molar-refractivity contribution in [2.45, 2.75) is 246 Å². The molecule has 37 heteroatoms. The van der Waals surface area contributed by atoms with Gasteiger partial charge >= 0.3 is 36.2 Å². The van der Waals surface area contributed by atoms with Crippen LogP contribution in [0.3, 0.4) is 0 Å². The molecule has 1 aromatic heterocycles. The van der Waals surface area contributed by atoms with Gasteiger partial charge in [0.05, 0.1) is 70.9 Å². The predicted molar refractivity (Wildman–Crippen MR) is 455 cm³/mol. The number of aliphatic carboxylic acids is 2. The van der Waals surface area contributed by atoms with Gasteiger partial charge in [0, 0.05) is 88.0 Å². The Hall–Kier alpha value is -9.48. The van der Waals surface area contributed by atoms with Gasteiger partial charge in [-0.05, 0) is 145 Å². The van der Waals surface area contributed by atoms with Gasteiger partial charge in [-0.1, -0.05) is 92.7 Å². The number of piperidine rings is 1. The predicted octanol–water partition coefficient (Wildman–Crippen LogP) is 7.28. The van der Waals surface area contributed by atoms with E-state index in [9.17, 15) is 67.7 Å². The SMILES string of the molecule is CCCCCCN(C(=O)[C@@H](NC(=O)[C@H]1CCCCN1C)[C@@H](C)CC)[C@H](C[C@@H](OC(=O)NCCNC(=O)OCc1ccc(NC(=O)[C@H](CCCNC(N)=O)NC(=O)[C@@H](NC(=O)[C@H](CCC(=O)O)NC(=O)CCOCCOCCOCCOCCNC(=O)OCC2C3CCC#CCCC32)C(C)C)cc1)c1nc(C(=O)NC(C)CC(C)(C)C(=O)O)cs1)C(C)C. The van der Waals surface area contributed by atoms with Gasteiger partial charge in [-0.3, -0.25) is 48.1 Å². The van der Waals surface area contributed by atoms with E-state index in [0.29, 0.717) is 82.1 Å². The highest BCUT2D eigenvalue weighted by atomic mass is 32.1. The molecule has 5 rings (SSSR count). The number of carboxylic acid groups (broad SMARTS) is 2. The number of fused-ring (bicyclic) bond motifs is 1. The highest BCUT2D eigenvalue weighted by molar-refractivity contribution is 7.09. The number of thiazole rings is 1. The number of carbonyl (C=O) groups excluding carboxylic acids is 11. The number of urea groups is 1. The first-order valence-corrected chi connectivity index (χ1v) is 44.0. The van der Waals surface area contributed by atoms with Gasteiger partial charge in [-0.15, -0.1) is 23.2 Å². The summed E-state index contributed by atoms with van der Waals surface area (Å²) < 4.78 is 39.2. The Bertz CT molecular complexity index is 3690. The van der Waals surface area contributed by atoms with Crippen LogP contribution in [0.4, 0.5) is 24.9 Å². The molecule has 12 amide bonds. The van der Waals surface area contributed by atoms with E-state index in [2.05, 4.69) is 76.9 Å². The minimum absolute atomic E-state index is 0.00432. The van der Waals surface area contributed by atoms with Crippen LogP contribution in [-0.2, 0) is 78.1 Å². The first-order valence-electron chi connectivity index (χ1n) is 43.1. The second kappa shape index (κ2) is 55.6. The molecule has 14 N–H and O–H groups in total. The zero-order valence-electron chi connectivity index (χ0n) is 73.1. The molecule has 0 radical (unpaired) electrons. The molecule has 0 bridgehead atoms. The molecule has 1 aliphatic heterocycles. The number of ether oxygens (including phenoxy) is 7. The monoisotopic (exact) mass is 1740 g/mol. The number of likely N-dealkylation sites (tertiary alicyclic amines) is 1. The van der Waals surface area contributed by atoms with E-state index in [1.54, 1.807) is 51.7 Å². The highest BCUT2D eigenvalue weighted by Gasteiger charge is 2.49. The number of hydrogen-bond acceptors (Lipinski definition) is 23. The van der Waals surface area contributed by atoms with Gasteiger partial charge in [0.25, 0.3) is 5.91 Å². The van der Waals surface area contributed by atoms with Crippen LogP contribution in [-0.4, -0.2) is 251 Å². The largest absolute Gasteiger partial charge is 0.481 e. The van der Waals surface area contributed by atoms with Gasteiger partial charge in [0.15, 0.2) is 6.10 Å². The maximum absolute atomic E-state index is 15.3. The van der Waals surface area contributed by atoms with Gasteiger partial charge in [0.2, 0.25) is 35.4 Å². The molecule has 122 heavy (non-hydrogen) atoms. The molecular formula is C85H136N14O22S. The summed E-state index contributed by atoms with van der Waals surface area (Å²) in [4.78, 5) is 181. The van der Waals surface area contributed by atoms with Crippen molar-refractivity contribution in [1.82, 2.24) is 62.6 Å². The number of anilines is 1. The fourth-order valence-corrected chi connectivity index (χ4v) is 15.3. The van der Waals surface area contributed by atoms with E-state index in [1.165, 1.54) is 17.5 Å². The number of carbonyl (C=O) groups is 13. The number of likely N-dealkylation sites (N-methyl/N-ethyl adjacent to an activating group) is 1. The van der Waals surface area contributed by atoms with E-state index < -0.39 is 126 Å². The molecule has 36 nitrogen and oxygen atoms in total. The molecule has 1 saturated heterocycles. The normalized spacial score (nSPS) is 17.6. The van der Waals surface area contributed by atoms with Crippen LogP contribution in [0.25, 0.3) is 0 Å². The number of unbranched alkanes of at least 4 members (excludes halogenated alkanes) is 3. The quantitative estimate of drug-likeness (QED) is 0.0176. The van der Waals surface area contributed by atoms with Crippen molar-refractivity contribution < 1.29 is 106 Å². The van der Waals surface area contributed by atoms with Crippen LogP contribution in [0.1, 0.15) is 218 Å². The van der Waals surface area contributed by atoms with Gasteiger partial charge in [-0.2, -0.15) is 0 Å². The molecule has 1 aromatic carbocycles. The Morgan fingerprint density at radius 3 is 1.88 bits per heavy atom. The third kappa shape index (κ3) is 38.5. The molecule has 2 aliphatic carbocycles. The Balaban J connectivity index is 1.11. The lowest BCUT2D eigenvalue weighted by molar-refractivity contribution is -0.147. The number of rotatable bonds is 58. The van der Waals surface area contributed by atoms with Crippen LogP contribution >= 0.6 is 11.3 Å². The van der Waals surface area contributed by atoms with E-state index in [0.717, 1.165) is 75.7 Å². The molecule has 3 unspecified atom stereocenters. The molecule has 2 heterocycles. The van der Waals surface area contributed by atoms with Crippen LogP contribution < -0.4 is 58.9 Å². The Labute approximate surface area is 721 Å². The molecule has 2 fully saturated rings. The number of alkyl carbamates (subject to hydrolysis) is 3. The highest BCUT2D eigenvalue weighted by Crippen LogP contribution is 2.52. The smallest absolute Gasteiger partial charge is 0.407 e. The number of benzene rings is 1. The van der Waals surface area contributed by atoms with Gasteiger partial charge in [0.1, 0.15) is 41.5 Å². The topological polar surface area (TPSA) is 493 Å². The maximum Gasteiger partial charge on any atom is 0.407 e. The van der Waals surface area contributed by atoms with Crippen molar-refractivity contribution in [1.29, 1.82) is 0 Å². The molecular weight excluding hydrogens is 1600 g/mol. The average Bonchev–Trinajstić information content (AvgIpc) is 1.62. The molecule has 11 atom stereocenters. The van der Waals surface area contributed by atoms with E-state index in [-0.39, 0.29) is 144 Å². The molecule has 684 valence electrons. The minimum Gasteiger partial charge on any atom is -0.481 e. The summed E-state index contributed by atoms with van der Waals surface area (Å²) in [6.45, 7) is 21.0. The lowest BCUT2D eigenvalue weighted by Gasteiger charge is -2.40. The fraction of sp³-hybridized carbons (Fsp3) is 0.718. The average molecular weight is 1740 g/mol. The Morgan fingerprint density at radius 2 is 1.27 bits per heavy atom. The summed E-state index contributed by atoms with van der Waals surface area (Å²) in [6.07, 6.45) is 6.34. The van der Waals surface area contributed by atoms with Crippen LogP contribution in [0.5, 0.6) is 0 Å². The second-order valence-corrected chi connectivity index (χ2v) is 33.7. The Morgan fingerprint density at radius 1 is 0.648 bits per heavy atom. The van der Waals surface area contributed by atoms with E-state index in [1.807, 2.05) is 39.6 Å². The number of primary amides is 1. The number of nitrogens with two attached hydrogens (primary N) is 1. The third-order valence-corrected chi connectivity index (χ3v) is 22.8. The minimum atomic E-state index is -1.39. The van der Waals surface area contributed by atoms with Crippen molar-refractivity contribution in [2.24, 2.45) is 46.7 Å². The van der Waals surface area contributed by atoms with Crippen molar-refractivity contribution in [3.05, 3.63) is 45.9 Å². The summed E-state index contributed by atoms with van der Waals surface area (Å²) in [5.74, 6) is 0.621. The third-order valence-electron chi connectivity index (χ3n) is 21.8. The second-order valence-electron chi connectivity index (χ2n) is 32.8. The molecule has 3 aliphatic rings.